The first-order valence-corrected chi connectivity index (χ1v) is 4.33. The smallest absolute Gasteiger partial charge is 0.343 e. The molecule has 4 nitrogen and oxygen atoms in total. The number of rotatable bonds is 3. The quantitative estimate of drug-likeness (QED) is 0.756. The Morgan fingerprint density at radius 1 is 1.62 bits per heavy atom. The first kappa shape index (κ1) is 9.98. The average molecular weight is 246 g/mol. The van der Waals surface area contributed by atoms with Gasteiger partial charge in [0.15, 0.2) is 6.61 Å². The average Bonchev–Trinajstić information content (AvgIpc) is 2.16. The van der Waals surface area contributed by atoms with Gasteiger partial charge in [-0.1, -0.05) is 0 Å². The van der Waals surface area contributed by atoms with Gasteiger partial charge in [-0.2, -0.15) is 0 Å². The van der Waals surface area contributed by atoms with E-state index in [-0.39, 0.29) is 6.61 Å². The second-order valence-corrected chi connectivity index (χ2v) is 3.10. The second kappa shape index (κ2) is 4.81. The van der Waals surface area contributed by atoms with Gasteiger partial charge in [-0.3, -0.25) is 0 Å². The van der Waals surface area contributed by atoms with Crippen LogP contribution in [0.4, 0.5) is 0 Å². The molecule has 1 heterocycles. The van der Waals surface area contributed by atoms with Crippen molar-refractivity contribution >= 4 is 21.9 Å². The summed E-state index contributed by atoms with van der Waals surface area (Å²) in [5.74, 6) is -0.0293. The van der Waals surface area contributed by atoms with Crippen molar-refractivity contribution in [1.82, 2.24) is 4.98 Å². The summed E-state index contributed by atoms with van der Waals surface area (Å²) in [6.07, 6.45) is 1.59. The summed E-state index contributed by atoms with van der Waals surface area (Å²) in [5, 5.41) is 0. The van der Waals surface area contributed by atoms with Gasteiger partial charge in [-0.25, -0.2) is 9.78 Å². The SMILES string of the molecule is COC(=O)COc1ccc(Br)cn1. The summed E-state index contributed by atoms with van der Waals surface area (Å²) in [6.45, 7) is -0.120. The van der Waals surface area contributed by atoms with Crippen LogP contribution in [0.2, 0.25) is 0 Å². The van der Waals surface area contributed by atoms with E-state index in [2.05, 4.69) is 25.7 Å². The number of aromatic nitrogens is 1. The number of nitrogens with zero attached hydrogens (tertiary/aromatic N) is 1. The number of ether oxygens (including phenoxy) is 2. The maximum absolute atomic E-state index is 10.7. The van der Waals surface area contributed by atoms with Crippen molar-refractivity contribution in [1.29, 1.82) is 0 Å². The van der Waals surface area contributed by atoms with E-state index in [9.17, 15) is 4.79 Å². The number of esters is 1. The van der Waals surface area contributed by atoms with Crippen molar-refractivity contribution in [3.05, 3.63) is 22.8 Å². The minimum atomic E-state index is -0.426. The van der Waals surface area contributed by atoms with Crippen molar-refractivity contribution < 1.29 is 14.3 Å². The van der Waals surface area contributed by atoms with E-state index >= 15 is 0 Å². The van der Waals surface area contributed by atoms with Crippen LogP contribution in [0, 0.1) is 0 Å². The Hall–Kier alpha value is -1.10. The number of carbonyl (C=O) groups is 1. The summed E-state index contributed by atoms with van der Waals surface area (Å²) in [4.78, 5) is 14.6. The van der Waals surface area contributed by atoms with Crippen LogP contribution in [0.15, 0.2) is 22.8 Å². The lowest BCUT2D eigenvalue weighted by Gasteiger charge is -2.02. The molecule has 5 heteroatoms. The van der Waals surface area contributed by atoms with Crippen LogP contribution in [-0.4, -0.2) is 24.7 Å². The van der Waals surface area contributed by atoms with Crippen molar-refractivity contribution in [2.24, 2.45) is 0 Å². The van der Waals surface area contributed by atoms with Gasteiger partial charge in [0.25, 0.3) is 0 Å². The van der Waals surface area contributed by atoms with E-state index < -0.39 is 5.97 Å². The first-order valence-electron chi connectivity index (χ1n) is 3.53. The lowest BCUT2D eigenvalue weighted by Crippen LogP contribution is -2.12. The number of halogens is 1. The number of hydrogen-bond donors (Lipinski definition) is 0. The summed E-state index contributed by atoms with van der Waals surface area (Å²) in [7, 11) is 1.31. The third kappa shape index (κ3) is 3.42. The van der Waals surface area contributed by atoms with E-state index in [0.717, 1.165) is 4.47 Å². The molecule has 13 heavy (non-hydrogen) atoms. The third-order valence-electron chi connectivity index (χ3n) is 1.27. The Morgan fingerprint density at radius 3 is 2.92 bits per heavy atom. The molecule has 0 amide bonds. The third-order valence-corrected chi connectivity index (χ3v) is 1.73. The molecule has 0 unspecified atom stereocenters. The molecule has 0 aliphatic rings. The molecule has 1 rings (SSSR count). The van der Waals surface area contributed by atoms with Crippen LogP contribution in [0.25, 0.3) is 0 Å². The highest BCUT2D eigenvalue weighted by atomic mass is 79.9. The van der Waals surface area contributed by atoms with Gasteiger partial charge in [-0.15, -0.1) is 0 Å². The van der Waals surface area contributed by atoms with Crippen molar-refractivity contribution in [2.45, 2.75) is 0 Å². The Kier molecular flexibility index (Phi) is 3.70. The fraction of sp³-hybridized carbons (Fsp3) is 0.250. The van der Waals surface area contributed by atoms with Crippen LogP contribution in [0.1, 0.15) is 0 Å². The molecule has 0 saturated carbocycles. The number of carbonyl (C=O) groups excluding carboxylic acids is 1. The molecule has 0 saturated heterocycles. The van der Waals surface area contributed by atoms with Gasteiger partial charge in [-0.05, 0) is 22.0 Å². The van der Waals surface area contributed by atoms with Gasteiger partial charge in [0.1, 0.15) is 0 Å². The van der Waals surface area contributed by atoms with Gasteiger partial charge in [0.2, 0.25) is 5.88 Å². The minimum absolute atomic E-state index is 0.120. The summed E-state index contributed by atoms with van der Waals surface area (Å²) < 4.78 is 10.3. The van der Waals surface area contributed by atoms with Crippen LogP contribution >= 0.6 is 15.9 Å². The molecule has 0 bridgehead atoms. The van der Waals surface area contributed by atoms with Crippen LogP contribution in [0.5, 0.6) is 5.88 Å². The maximum Gasteiger partial charge on any atom is 0.343 e. The topological polar surface area (TPSA) is 48.4 Å². The highest BCUT2D eigenvalue weighted by Crippen LogP contribution is 2.11. The molecule has 1 aromatic rings. The summed E-state index contributed by atoms with van der Waals surface area (Å²) in [5.41, 5.74) is 0. The van der Waals surface area contributed by atoms with Gasteiger partial charge >= 0.3 is 5.97 Å². The van der Waals surface area contributed by atoms with E-state index in [4.69, 9.17) is 4.74 Å². The molecular formula is C8H8BrNO3. The first-order chi connectivity index (χ1) is 6.22. The minimum Gasteiger partial charge on any atom is -0.466 e. The molecule has 0 N–H and O–H groups in total. The molecule has 70 valence electrons. The van der Waals surface area contributed by atoms with E-state index in [1.54, 1.807) is 18.3 Å². The molecule has 0 aliphatic heterocycles. The fourth-order valence-electron chi connectivity index (χ4n) is 0.639. The predicted octanol–water partition coefficient (Wildman–Crippen LogP) is 1.40. The summed E-state index contributed by atoms with van der Waals surface area (Å²) >= 11 is 3.23. The molecular weight excluding hydrogens is 238 g/mol. The van der Waals surface area contributed by atoms with Crippen LogP contribution in [0.3, 0.4) is 0 Å². The number of pyridine rings is 1. The zero-order chi connectivity index (χ0) is 9.68. The molecule has 0 radical (unpaired) electrons. The molecule has 0 spiro atoms. The van der Waals surface area contributed by atoms with E-state index in [1.807, 2.05) is 0 Å². The number of hydrogen-bond acceptors (Lipinski definition) is 4. The van der Waals surface area contributed by atoms with Gasteiger partial charge in [0.05, 0.1) is 7.11 Å². The zero-order valence-electron chi connectivity index (χ0n) is 6.99. The lowest BCUT2D eigenvalue weighted by atomic mass is 10.5. The second-order valence-electron chi connectivity index (χ2n) is 2.18. The van der Waals surface area contributed by atoms with Crippen LogP contribution in [-0.2, 0) is 9.53 Å². The predicted molar refractivity (Wildman–Crippen MR) is 49.4 cm³/mol. The largest absolute Gasteiger partial charge is 0.466 e. The molecule has 0 fully saturated rings. The Bertz CT molecular complexity index is 286. The Labute approximate surface area is 84.0 Å². The molecule has 0 aliphatic carbocycles. The fourth-order valence-corrected chi connectivity index (χ4v) is 0.874. The summed E-state index contributed by atoms with van der Waals surface area (Å²) in [6, 6.07) is 3.44. The Balaban J connectivity index is 2.46. The lowest BCUT2D eigenvalue weighted by molar-refractivity contribution is -0.143. The van der Waals surface area contributed by atoms with Crippen molar-refractivity contribution in [2.75, 3.05) is 13.7 Å². The normalized spacial score (nSPS) is 9.38. The monoisotopic (exact) mass is 245 g/mol. The van der Waals surface area contributed by atoms with E-state index in [0.29, 0.717) is 5.88 Å². The standard InChI is InChI=1S/C8H8BrNO3/c1-12-8(11)5-13-7-3-2-6(9)4-10-7/h2-4H,5H2,1H3. The van der Waals surface area contributed by atoms with Crippen molar-refractivity contribution in [3.63, 3.8) is 0 Å². The number of methoxy groups -OCH3 is 1. The van der Waals surface area contributed by atoms with Crippen LogP contribution < -0.4 is 4.74 Å². The molecule has 0 atom stereocenters. The van der Waals surface area contributed by atoms with Gasteiger partial charge < -0.3 is 9.47 Å². The Morgan fingerprint density at radius 2 is 2.38 bits per heavy atom. The van der Waals surface area contributed by atoms with E-state index in [1.165, 1.54) is 7.11 Å². The highest BCUT2D eigenvalue weighted by molar-refractivity contribution is 9.10. The van der Waals surface area contributed by atoms with Crippen molar-refractivity contribution in [3.8, 4) is 5.88 Å². The highest BCUT2D eigenvalue weighted by Gasteiger charge is 2.01. The molecule has 1 aromatic heterocycles. The zero-order valence-corrected chi connectivity index (χ0v) is 8.58. The maximum atomic E-state index is 10.7. The molecule has 0 aromatic carbocycles. The van der Waals surface area contributed by atoms with Gasteiger partial charge in [0, 0.05) is 16.7 Å².